The van der Waals surface area contributed by atoms with Gasteiger partial charge in [0.1, 0.15) is 5.44 Å². The molecule has 0 aromatic rings. The third-order valence-corrected chi connectivity index (χ3v) is 4.98. The van der Waals surface area contributed by atoms with E-state index in [4.69, 9.17) is 5.11 Å². The van der Waals surface area contributed by atoms with E-state index < -0.39 is 5.97 Å². The zero-order chi connectivity index (χ0) is 9.68. The van der Waals surface area contributed by atoms with Crippen LogP contribution < -0.4 is 0 Å². The van der Waals surface area contributed by atoms with Gasteiger partial charge >= 0.3 is 5.97 Å². The second kappa shape index (κ2) is 5.78. The van der Waals surface area contributed by atoms with E-state index in [1.165, 1.54) is 10.8 Å². The molecule has 1 heterocycles. The molecule has 76 valence electrons. The summed E-state index contributed by atoms with van der Waals surface area (Å²) in [4.78, 5) is 10.2. The van der Waals surface area contributed by atoms with Crippen LogP contribution in [0.2, 0.25) is 0 Å². The quantitative estimate of drug-likeness (QED) is 0.551. The van der Waals surface area contributed by atoms with E-state index in [-0.39, 0.29) is 11.9 Å². The van der Waals surface area contributed by atoms with E-state index in [2.05, 4.69) is 0 Å². The zero-order valence-corrected chi connectivity index (χ0v) is 8.94. The maximum atomic E-state index is 10.2. The first kappa shape index (κ1) is 11.2. The Hall–Kier alpha value is 0.130. The molecule has 1 saturated heterocycles. The van der Waals surface area contributed by atoms with Gasteiger partial charge in [0.2, 0.25) is 0 Å². The monoisotopic (exact) mass is 222 g/mol. The van der Waals surface area contributed by atoms with Crippen LogP contribution in [0.15, 0.2) is 0 Å². The third kappa shape index (κ3) is 4.78. The van der Waals surface area contributed by atoms with Crippen molar-refractivity contribution in [2.24, 2.45) is 0 Å². The Morgan fingerprint density at radius 3 is 2.69 bits per heavy atom. The van der Waals surface area contributed by atoms with Crippen molar-refractivity contribution in [2.45, 2.75) is 42.8 Å². The van der Waals surface area contributed by atoms with Gasteiger partial charge in [0, 0.05) is 11.7 Å². The lowest BCUT2D eigenvalue weighted by molar-refractivity contribution is -0.137. The number of carbonyl (C=O) groups is 1. The molecule has 1 fully saturated rings. The molecule has 0 bridgehead atoms. The van der Waals surface area contributed by atoms with Crippen molar-refractivity contribution in [2.75, 3.05) is 0 Å². The van der Waals surface area contributed by atoms with Gasteiger partial charge in [-0.2, -0.15) is 0 Å². The third-order valence-electron chi connectivity index (χ3n) is 1.93. The lowest BCUT2D eigenvalue weighted by Crippen LogP contribution is -2.03. The first-order chi connectivity index (χ1) is 6.18. The minimum atomic E-state index is -0.714. The molecule has 0 aromatic heterocycles. The summed E-state index contributed by atoms with van der Waals surface area (Å²) in [5.74, 6) is -0.714. The molecule has 13 heavy (non-hydrogen) atoms. The van der Waals surface area contributed by atoms with E-state index in [0.717, 1.165) is 25.7 Å². The molecule has 2 N–H and O–H groups in total. The van der Waals surface area contributed by atoms with Gasteiger partial charge in [0.05, 0.1) is 0 Å². The van der Waals surface area contributed by atoms with Crippen LogP contribution in [0.25, 0.3) is 0 Å². The number of rotatable bonds is 5. The maximum absolute atomic E-state index is 10.2. The predicted octanol–water partition coefficient (Wildman–Crippen LogP) is 2.10. The van der Waals surface area contributed by atoms with Crippen molar-refractivity contribution in [1.29, 1.82) is 0 Å². The number of aliphatic hydroxyl groups is 1. The largest absolute Gasteiger partial charge is 0.481 e. The van der Waals surface area contributed by atoms with Crippen molar-refractivity contribution in [1.82, 2.24) is 0 Å². The summed E-state index contributed by atoms with van der Waals surface area (Å²) in [6.07, 6.45) is 3.86. The van der Waals surface area contributed by atoms with Crippen molar-refractivity contribution >= 4 is 27.6 Å². The van der Waals surface area contributed by atoms with Gasteiger partial charge in [-0.3, -0.25) is 4.79 Å². The fourth-order valence-electron chi connectivity index (χ4n) is 1.26. The highest BCUT2D eigenvalue weighted by atomic mass is 33.1. The van der Waals surface area contributed by atoms with Gasteiger partial charge in [-0.1, -0.05) is 28.0 Å². The van der Waals surface area contributed by atoms with E-state index in [1.807, 2.05) is 0 Å². The molecule has 0 aliphatic carbocycles. The molecule has 0 amide bonds. The topological polar surface area (TPSA) is 57.5 Å². The Bertz CT molecular complexity index is 175. The molecule has 0 aromatic carbocycles. The molecule has 1 rings (SSSR count). The minimum absolute atomic E-state index is 0.213. The first-order valence-corrected chi connectivity index (χ1v) is 6.68. The summed E-state index contributed by atoms with van der Waals surface area (Å²) >= 11 is 0. The van der Waals surface area contributed by atoms with Crippen LogP contribution in [0.5, 0.6) is 0 Å². The molecule has 1 aliphatic heterocycles. The Morgan fingerprint density at radius 2 is 2.15 bits per heavy atom. The van der Waals surface area contributed by atoms with Crippen molar-refractivity contribution < 1.29 is 15.0 Å². The van der Waals surface area contributed by atoms with Crippen LogP contribution in [-0.4, -0.2) is 26.9 Å². The van der Waals surface area contributed by atoms with E-state index in [1.54, 1.807) is 10.8 Å². The summed E-state index contributed by atoms with van der Waals surface area (Å²) < 4.78 is 0. The SMILES string of the molecule is O=C(O)CCCCC1CC(O)SS1. The summed E-state index contributed by atoms with van der Waals surface area (Å²) in [5.41, 5.74) is -0.213. The number of aliphatic carboxylic acids is 1. The van der Waals surface area contributed by atoms with E-state index in [0.29, 0.717) is 5.25 Å². The van der Waals surface area contributed by atoms with E-state index in [9.17, 15) is 9.90 Å². The second-order valence-corrected chi connectivity index (χ2v) is 5.89. The average Bonchev–Trinajstić information content (AvgIpc) is 2.45. The van der Waals surface area contributed by atoms with Crippen LogP contribution in [0.4, 0.5) is 0 Å². The molecule has 0 spiro atoms. The molecule has 2 atom stereocenters. The van der Waals surface area contributed by atoms with Crippen molar-refractivity contribution in [3.05, 3.63) is 0 Å². The van der Waals surface area contributed by atoms with Crippen LogP contribution in [0, 0.1) is 0 Å². The number of carboxylic acid groups (broad SMARTS) is 1. The van der Waals surface area contributed by atoms with Gasteiger partial charge in [-0.25, -0.2) is 0 Å². The fraction of sp³-hybridized carbons (Fsp3) is 0.875. The standard InChI is InChI=1S/C8H14O3S2/c9-7(10)4-2-1-3-6-5-8(11)13-12-6/h6,8,11H,1-5H2,(H,9,10). The van der Waals surface area contributed by atoms with Crippen LogP contribution in [-0.2, 0) is 4.79 Å². The second-order valence-electron chi connectivity index (χ2n) is 3.14. The minimum Gasteiger partial charge on any atom is -0.481 e. The van der Waals surface area contributed by atoms with Gasteiger partial charge in [0.15, 0.2) is 0 Å². The van der Waals surface area contributed by atoms with Gasteiger partial charge in [0.25, 0.3) is 0 Å². The highest BCUT2D eigenvalue weighted by molar-refractivity contribution is 8.77. The fourth-order valence-corrected chi connectivity index (χ4v) is 4.12. The van der Waals surface area contributed by atoms with Gasteiger partial charge < -0.3 is 10.2 Å². The van der Waals surface area contributed by atoms with Crippen molar-refractivity contribution in [3.63, 3.8) is 0 Å². The van der Waals surface area contributed by atoms with Gasteiger partial charge in [-0.15, -0.1) is 0 Å². The highest BCUT2D eigenvalue weighted by Gasteiger charge is 2.23. The van der Waals surface area contributed by atoms with Crippen LogP contribution in [0.1, 0.15) is 32.1 Å². The summed E-state index contributed by atoms with van der Waals surface area (Å²) in [7, 11) is 3.25. The lowest BCUT2D eigenvalue weighted by atomic mass is 10.1. The van der Waals surface area contributed by atoms with Crippen LogP contribution >= 0.6 is 21.6 Å². The number of hydrogen-bond donors (Lipinski definition) is 2. The summed E-state index contributed by atoms with van der Waals surface area (Å²) in [6, 6.07) is 0. The number of unbranched alkanes of at least 4 members (excludes halogenated alkanes) is 1. The molecular weight excluding hydrogens is 208 g/mol. The highest BCUT2D eigenvalue weighted by Crippen LogP contribution is 2.44. The Morgan fingerprint density at radius 1 is 1.38 bits per heavy atom. The number of hydrogen-bond acceptors (Lipinski definition) is 4. The Labute approximate surface area is 85.7 Å². The van der Waals surface area contributed by atoms with E-state index >= 15 is 0 Å². The summed E-state index contributed by atoms with van der Waals surface area (Å²) in [6.45, 7) is 0. The summed E-state index contributed by atoms with van der Waals surface area (Å²) in [5, 5.41) is 18.1. The first-order valence-electron chi connectivity index (χ1n) is 4.40. The number of aliphatic hydroxyl groups excluding tert-OH is 1. The van der Waals surface area contributed by atoms with Gasteiger partial charge in [-0.05, 0) is 19.3 Å². The maximum Gasteiger partial charge on any atom is 0.303 e. The Kier molecular flexibility index (Phi) is 4.98. The average molecular weight is 222 g/mol. The molecule has 5 heteroatoms. The molecule has 0 radical (unpaired) electrons. The van der Waals surface area contributed by atoms with Crippen LogP contribution in [0.3, 0.4) is 0 Å². The molecule has 1 aliphatic rings. The molecule has 0 saturated carbocycles. The predicted molar refractivity (Wildman–Crippen MR) is 55.7 cm³/mol. The Balaban J connectivity index is 1.97. The smallest absolute Gasteiger partial charge is 0.303 e. The zero-order valence-electron chi connectivity index (χ0n) is 7.31. The lowest BCUT2D eigenvalue weighted by Gasteiger charge is -2.05. The normalized spacial score (nSPS) is 27.8. The van der Waals surface area contributed by atoms with Crippen molar-refractivity contribution in [3.8, 4) is 0 Å². The molecule has 3 nitrogen and oxygen atoms in total. The number of carboxylic acids is 1. The molecular formula is C8H14O3S2. The molecule has 2 unspecified atom stereocenters.